The van der Waals surface area contributed by atoms with Crippen molar-refractivity contribution in [1.29, 1.82) is 0 Å². The van der Waals surface area contributed by atoms with Gasteiger partial charge in [0.05, 0.1) is 6.54 Å². The summed E-state index contributed by atoms with van der Waals surface area (Å²) >= 11 is 0. The molecule has 1 rings (SSSR count). The molecule has 0 aliphatic heterocycles. The summed E-state index contributed by atoms with van der Waals surface area (Å²) in [6.45, 7) is 9.82. The van der Waals surface area contributed by atoms with E-state index >= 15 is 0 Å². The lowest BCUT2D eigenvalue weighted by Crippen LogP contribution is -2.21. The van der Waals surface area contributed by atoms with Crippen molar-refractivity contribution in [2.24, 2.45) is 5.73 Å². The summed E-state index contributed by atoms with van der Waals surface area (Å²) in [5.41, 5.74) is 6.70. The lowest BCUT2D eigenvalue weighted by atomic mass is 10.2. The number of hydrogen-bond donors (Lipinski definition) is 1. The minimum Gasteiger partial charge on any atom is -0.465 e. The normalized spacial score (nSPS) is 11.2. The highest BCUT2D eigenvalue weighted by Crippen LogP contribution is 2.15. The molecule has 2 N–H and O–H groups in total. The number of furan rings is 1. The zero-order valence-corrected chi connectivity index (χ0v) is 9.34. The van der Waals surface area contributed by atoms with Gasteiger partial charge in [0.2, 0.25) is 0 Å². The fraction of sp³-hybridized carbons (Fsp3) is 0.636. The van der Waals surface area contributed by atoms with Crippen molar-refractivity contribution < 1.29 is 4.42 Å². The minimum absolute atomic E-state index is 0.563. The van der Waals surface area contributed by atoms with E-state index in [1.807, 2.05) is 6.92 Å². The molecule has 1 aromatic heterocycles. The summed E-state index contributed by atoms with van der Waals surface area (Å²) in [5, 5.41) is 0. The van der Waals surface area contributed by atoms with Crippen molar-refractivity contribution in [1.82, 2.24) is 4.90 Å². The van der Waals surface area contributed by atoms with Crippen LogP contribution in [-0.2, 0) is 13.1 Å². The first-order chi connectivity index (χ1) is 6.71. The predicted molar refractivity (Wildman–Crippen MR) is 58.0 cm³/mol. The van der Waals surface area contributed by atoms with Gasteiger partial charge in [-0.2, -0.15) is 0 Å². The fourth-order valence-corrected chi connectivity index (χ4v) is 1.54. The largest absolute Gasteiger partial charge is 0.465 e. The fourth-order valence-electron chi connectivity index (χ4n) is 1.54. The van der Waals surface area contributed by atoms with Crippen LogP contribution < -0.4 is 5.73 Å². The average molecular weight is 196 g/mol. The van der Waals surface area contributed by atoms with Crippen molar-refractivity contribution in [3.8, 4) is 0 Å². The SMILES string of the molecule is CCN(CC)Cc1cc(CN)c(C)o1. The van der Waals surface area contributed by atoms with E-state index in [-0.39, 0.29) is 0 Å². The van der Waals surface area contributed by atoms with Crippen LogP contribution in [0.25, 0.3) is 0 Å². The second-order valence-electron chi connectivity index (χ2n) is 3.46. The Morgan fingerprint density at radius 3 is 2.43 bits per heavy atom. The summed E-state index contributed by atoms with van der Waals surface area (Å²) in [6.07, 6.45) is 0. The molecular weight excluding hydrogens is 176 g/mol. The van der Waals surface area contributed by atoms with Gasteiger partial charge in [-0.3, -0.25) is 4.90 Å². The number of hydrogen-bond acceptors (Lipinski definition) is 3. The van der Waals surface area contributed by atoms with Crippen LogP contribution in [0.4, 0.5) is 0 Å². The molecule has 0 saturated carbocycles. The molecule has 3 heteroatoms. The highest BCUT2D eigenvalue weighted by atomic mass is 16.3. The Hall–Kier alpha value is -0.800. The third kappa shape index (κ3) is 2.59. The molecule has 0 aliphatic carbocycles. The van der Waals surface area contributed by atoms with Crippen LogP contribution in [0.3, 0.4) is 0 Å². The van der Waals surface area contributed by atoms with E-state index in [9.17, 15) is 0 Å². The Labute approximate surface area is 85.9 Å². The van der Waals surface area contributed by atoms with Crippen molar-refractivity contribution in [2.45, 2.75) is 33.9 Å². The number of nitrogens with two attached hydrogens (primary N) is 1. The van der Waals surface area contributed by atoms with Crippen molar-refractivity contribution >= 4 is 0 Å². The number of nitrogens with zero attached hydrogens (tertiary/aromatic N) is 1. The number of rotatable bonds is 5. The van der Waals surface area contributed by atoms with Crippen LogP contribution in [0.1, 0.15) is 30.9 Å². The molecule has 0 amide bonds. The zero-order chi connectivity index (χ0) is 10.6. The first-order valence-corrected chi connectivity index (χ1v) is 5.21. The zero-order valence-electron chi connectivity index (χ0n) is 9.34. The van der Waals surface area contributed by atoms with E-state index in [0.29, 0.717) is 6.54 Å². The summed E-state index contributed by atoms with van der Waals surface area (Å²) in [5.74, 6) is 1.97. The lowest BCUT2D eigenvalue weighted by Gasteiger charge is -2.15. The minimum atomic E-state index is 0.563. The average Bonchev–Trinajstić information content (AvgIpc) is 2.55. The van der Waals surface area contributed by atoms with Gasteiger partial charge in [-0.1, -0.05) is 13.8 Å². The molecule has 0 radical (unpaired) electrons. The highest BCUT2D eigenvalue weighted by molar-refractivity contribution is 5.20. The summed E-state index contributed by atoms with van der Waals surface area (Å²) in [7, 11) is 0. The van der Waals surface area contributed by atoms with Gasteiger partial charge in [0.15, 0.2) is 0 Å². The molecule has 1 heterocycles. The summed E-state index contributed by atoms with van der Waals surface area (Å²) < 4.78 is 5.62. The van der Waals surface area contributed by atoms with Gasteiger partial charge in [0, 0.05) is 12.1 Å². The van der Waals surface area contributed by atoms with E-state index in [2.05, 4.69) is 24.8 Å². The first-order valence-electron chi connectivity index (χ1n) is 5.21. The van der Waals surface area contributed by atoms with Gasteiger partial charge in [-0.25, -0.2) is 0 Å². The summed E-state index contributed by atoms with van der Waals surface area (Å²) in [4.78, 5) is 2.32. The third-order valence-corrected chi connectivity index (χ3v) is 2.57. The van der Waals surface area contributed by atoms with Gasteiger partial charge in [-0.15, -0.1) is 0 Å². The van der Waals surface area contributed by atoms with E-state index in [0.717, 1.165) is 36.7 Å². The maximum Gasteiger partial charge on any atom is 0.118 e. The molecule has 1 aromatic rings. The maximum atomic E-state index is 5.62. The Kier molecular flexibility index (Phi) is 4.17. The van der Waals surface area contributed by atoms with Crippen molar-refractivity contribution in [3.05, 3.63) is 23.2 Å². The van der Waals surface area contributed by atoms with E-state index in [1.54, 1.807) is 0 Å². The highest BCUT2D eigenvalue weighted by Gasteiger charge is 2.08. The number of aryl methyl sites for hydroxylation is 1. The topological polar surface area (TPSA) is 42.4 Å². The molecule has 0 aromatic carbocycles. The molecule has 0 unspecified atom stereocenters. The van der Waals surface area contributed by atoms with Crippen LogP contribution in [0.15, 0.2) is 10.5 Å². The van der Waals surface area contributed by atoms with Gasteiger partial charge in [0.1, 0.15) is 11.5 Å². The molecule has 80 valence electrons. The van der Waals surface area contributed by atoms with E-state index in [1.165, 1.54) is 0 Å². The van der Waals surface area contributed by atoms with Crippen molar-refractivity contribution in [3.63, 3.8) is 0 Å². The molecule has 0 aliphatic rings. The second-order valence-corrected chi connectivity index (χ2v) is 3.46. The first kappa shape index (κ1) is 11.3. The Morgan fingerprint density at radius 2 is 2.00 bits per heavy atom. The van der Waals surface area contributed by atoms with Crippen molar-refractivity contribution in [2.75, 3.05) is 13.1 Å². The third-order valence-electron chi connectivity index (χ3n) is 2.57. The van der Waals surface area contributed by atoms with Crippen LogP contribution in [-0.4, -0.2) is 18.0 Å². The molecule has 0 atom stereocenters. The Morgan fingerprint density at radius 1 is 1.36 bits per heavy atom. The van der Waals surface area contributed by atoms with E-state index < -0.39 is 0 Å². The lowest BCUT2D eigenvalue weighted by molar-refractivity contribution is 0.267. The van der Waals surface area contributed by atoms with Gasteiger partial charge >= 0.3 is 0 Å². The van der Waals surface area contributed by atoms with Crippen LogP contribution in [0.5, 0.6) is 0 Å². The Balaban J connectivity index is 2.67. The molecule has 14 heavy (non-hydrogen) atoms. The standard InChI is InChI=1S/C11H20N2O/c1-4-13(5-2)8-11-6-10(7-12)9(3)14-11/h6H,4-5,7-8,12H2,1-3H3. The second kappa shape index (κ2) is 5.17. The van der Waals surface area contributed by atoms with Gasteiger partial charge in [-0.05, 0) is 26.1 Å². The molecular formula is C11H20N2O. The molecule has 0 fully saturated rings. The molecule has 3 nitrogen and oxygen atoms in total. The van der Waals surface area contributed by atoms with Gasteiger partial charge < -0.3 is 10.2 Å². The Bertz CT molecular complexity index is 277. The van der Waals surface area contributed by atoms with E-state index in [4.69, 9.17) is 10.2 Å². The van der Waals surface area contributed by atoms with Crippen LogP contribution in [0, 0.1) is 6.92 Å². The van der Waals surface area contributed by atoms with Gasteiger partial charge in [0.25, 0.3) is 0 Å². The quantitative estimate of drug-likeness (QED) is 0.782. The smallest absolute Gasteiger partial charge is 0.118 e. The molecule has 0 saturated heterocycles. The molecule has 0 spiro atoms. The molecule has 0 bridgehead atoms. The summed E-state index contributed by atoms with van der Waals surface area (Å²) in [6, 6.07) is 2.06. The maximum absolute atomic E-state index is 5.62. The van der Waals surface area contributed by atoms with Crippen LogP contribution in [0.2, 0.25) is 0 Å². The van der Waals surface area contributed by atoms with Crippen LogP contribution >= 0.6 is 0 Å². The predicted octanol–water partition coefficient (Wildman–Crippen LogP) is 1.89. The monoisotopic (exact) mass is 196 g/mol.